The van der Waals surface area contributed by atoms with E-state index in [4.69, 9.17) is 4.98 Å². The van der Waals surface area contributed by atoms with E-state index in [1.54, 1.807) is 24.5 Å². The van der Waals surface area contributed by atoms with Crippen molar-refractivity contribution in [2.75, 3.05) is 5.32 Å². The first-order valence-electron chi connectivity index (χ1n) is 11.9. The standard InChI is InChI=1S/C27H22FN9O/c1-27(2,3)26(38)33-15-10-14(11-29-12-15)16-13-32-24-19(20(16)28)23(36-37-24)25-34-18-7-9-31-21(22(18)35-25)17-6-4-5-8-30-17/h4-13H,1-3H3,(H,33,38)(H,34,35)(H,32,36,37). The molecule has 0 radical (unpaired) electrons. The van der Waals surface area contributed by atoms with Crippen LogP contribution in [-0.4, -0.2) is 46.0 Å². The predicted molar refractivity (Wildman–Crippen MR) is 141 cm³/mol. The van der Waals surface area contributed by atoms with E-state index in [0.29, 0.717) is 39.5 Å². The van der Waals surface area contributed by atoms with Crippen LogP contribution in [0.4, 0.5) is 10.1 Å². The molecule has 188 valence electrons. The van der Waals surface area contributed by atoms with Crippen molar-refractivity contribution in [2.45, 2.75) is 20.8 Å². The van der Waals surface area contributed by atoms with Crippen LogP contribution in [-0.2, 0) is 4.79 Å². The highest BCUT2D eigenvalue weighted by Crippen LogP contribution is 2.34. The number of rotatable bonds is 4. The first-order chi connectivity index (χ1) is 18.3. The highest BCUT2D eigenvalue weighted by Gasteiger charge is 2.23. The fourth-order valence-corrected chi connectivity index (χ4v) is 4.04. The average molecular weight is 508 g/mol. The number of nitrogens with one attached hydrogen (secondary N) is 3. The molecule has 3 N–H and O–H groups in total. The molecule has 6 rings (SSSR count). The second kappa shape index (κ2) is 8.80. The van der Waals surface area contributed by atoms with Crippen LogP contribution < -0.4 is 5.32 Å². The van der Waals surface area contributed by atoms with Crippen LogP contribution in [0.25, 0.3) is 56.1 Å². The van der Waals surface area contributed by atoms with E-state index in [0.717, 1.165) is 0 Å². The number of aromatic amines is 2. The molecule has 6 aromatic heterocycles. The summed E-state index contributed by atoms with van der Waals surface area (Å²) in [5.74, 6) is -0.353. The molecule has 6 heterocycles. The van der Waals surface area contributed by atoms with Crippen molar-refractivity contribution in [1.29, 1.82) is 0 Å². The van der Waals surface area contributed by atoms with Gasteiger partial charge in [0.15, 0.2) is 11.5 Å². The van der Waals surface area contributed by atoms with Crippen LogP contribution >= 0.6 is 0 Å². The molecule has 0 aliphatic carbocycles. The maximum absolute atomic E-state index is 16.0. The van der Waals surface area contributed by atoms with Gasteiger partial charge in [0.05, 0.1) is 28.5 Å². The zero-order chi connectivity index (χ0) is 26.4. The van der Waals surface area contributed by atoms with Gasteiger partial charge in [0.2, 0.25) is 5.91 Å². The number of hydrogen-bond acceptors (Lipinski definition) is 7. The molecule has 0 saturated heterocycles. The van der Waals surface area contributed by atoms with E-state index < -0.39 is 11.2 Å². The van der Waals surface area contributed by atoms with Crippen molar-refractivity contribution < 1.29 is 9.18 Å². The maximum Gasteiger partial charge on any atom is 0.229 e. The molecule has 0 saturated carbocycles. The van der Waals surface area contributed by atoms with Gasteiger partial charge in [0, 0.05) is 41.3 Å². The Morgan fingerprint density at radius 1 is 1.00 bits per heavy atom. The number of fused-ring (bicyclic) bond motifs is 2. The number of anilines is 1. The number of aromatic nitrogens is 8. The van der Waals surface area contributed by atoms with Gasteiger partial charge in [-0.05, 0) is 24.3 Å². The number of carbonyl (C=O) groups excluding carboxylic acids is 1. The minimum absolute atomic E-state index is 0.174. The Labute approximate surface area is 215 Å². The number of pyridine rings is 4. The van der Waals surface area contributed by atoms with E-state index >= 15 is 4.39 Å². The fourth-order valence-electron chi connectivity index (χ4n) is 4.04. The zero-order valence-corrected chi connectivity index (χ0v) is 20.7. The SMILES string of the molecule is CC(C)(C)C(=O)Nc1cncc(-c2cnc3[nH]nc(-c4nc5c(-c6ccccn6)nccc5[nH]4)c3c2F)c1. The van der Waals surface area contributed by atoms with E-state index in [2.05, 4.69) is 40.4 Å². The molecular formula is C27H22FN9O. The first-order valence-corrected chi connectivity index (χ1v) is 11.9. The minimum Gasteiger partial charge on any atom is -0.336 e. The van der Waals surface area contributed by atoms with Crippen LogP contribution in [0.3, 0.4) is 0 Å². The monoisotopic (exact) mass is 507 g/mol. The molecule has 0 fully saturated rings. The molecule has 0 aliphatic rings. The Bertz CT molecular complexity index is 1820. The van der Waals surface area contributed by atoms with Crippen LogP contribution in [0.5, 0.6) is 0 Å². The van der Waals surface area contributed by atoms with Gasteiger partial charge in [-0.15, -0.1) is 0 Å². The van der Waals surface area contributed by atoms with E-state index in [1.165, 1.54) is 18.6 Å². The van der Waals surface area contributed by atoms with Crippen LogP contribution in [0, 0.1) is 11.2 Å². The first kappa shape index (κ1) is 23.3. The lowest BCUT2D eigenvalue weighted by Crippen LogP contribution is -2.27. The Balaban J connectivity index is 1.44. The molecule has 0 aromatic carbocycles. The van der Waals surface area contributed by atoms with Crippen molar-refractivity contribution in [3.63, 3.8) is 0 Å². The summed E-state index contributed by atoms with van der Waals surface area (Å²) in [6.07, 6.45) is 7.79. The van der Waals surface area contributed by atoms with Gasteiger partial charge in [-0.1, -0.05) is 26.8 Å². The summed E-state index contributed by atoms with van der Waals surface area (Å²) in [4.78, 5) is 37.7. The predicted octanol–water partition coefficient (Wildman–Crippen LogP) is 5.14. The van der Waals surface area contributed by atoms with Crippen molar-refractivity contribution in [1.82, 2.24) is 40.1 Å². The molecule has 6 aromatic rings. The quantitative estimate of drug-likeness (QED) is 0.300. The minimum atomic E-state index is -0.591. The summed E-state index contributed by atoms with van der Waals surface area (Å²) in [6, 6.07) is 9.00. The summed E-state index contributed by atoms with van der Waals surface area (Å²) < 4.78 is 16.0. The molecule has 0 unspecified atom stereocenters. The summed E-state index contributed by atoms with van der Waals surface area (Å²) in [6.45, 7) is 5.43. The number of halogens is 1. The summed E-state index contributed by atoms with van der Waals surface area (Å²) >= 11 is 0. The van der Waals surface area contributed by atoms with Gasteiger partial charge in [0.25, 0.3) is 0 Å². The number of nitrogens with zero attached hydrogens (tertiary/aromatic N) is 6. The Kier molecular flexibility index (Phi) is 5.41. The lowest BCUT2D eigenvalue weighted by Gasteiger charge is -2.17. The van der Waals surface area contributed by atoms with Crippen molar-refractivity contribution in [3.05, 3.63) is 67.1 Å². The van der Waals surface area contributed by atoms with Gasteiger partial charge in [-0.3, -0.25) is 24.8 Å². The summed E-state index contributed by atoms with van der Waals surface area (Å²) in [5.41, 5.74) is 3.67. The third-order valence-corrected chi connectivity index (χ3v) is 6.05. The molecule has 0 atom stereocenters. The van der Waals surface area contributed by atoms with Gasteiger partial charge in [-0.25, -0.2) is 14.4 Å². The van der Waals surface area contributed by atoms with E-state index in [-0.39, 0.29) is 28.2 Å². The number of carbonyl (C=O) groups is 1. The molecule has 10 nitrogen and oxygen atoms in total. The number of imidazole rings is 1. The van der Waals surface area contributed by atoms with Crippen LogP contribution in [0.15, 0.2) is 61.3 Å². The lowest BCUT2D eigenvalue weighted by atomic mass is 9.95. The van der Waals surface area contributed by atoms with E-state index in [1.807, 2.05) is 39.0 Å². The Morgan fingerprint density at radius 2 is 1.87 bits per heavy atom. The zero-order valence-electron chi connectivity index (χ0n) is 20.7. The number of amides is 1. The van der Waals surface area contributed by atoms with Crippen LogP contribution in [0.1, 0.15) is 20.8 Å². The molecule has 0 bridgehead atoms. The van der Waals surface area contributed by atoms with Gasteiger partial charge < -0.3 is 10.3 Å². The molecule has 11 heteroatoms. The molecule has 0 aliphatic heterocycles. The maximum atomic E-state index is 16.0. The molecule has 0 spiro atoms. The normalized spacial score (nSPS) is 11.8. The smallest absolute Gasteiger partial charge is 0.229 e. The van der Waals surface area contributed by atoms with Crippen molar-refractivity contribution in [3.8, 4) is 34.0 Å². The molecule has 38 heavy (non-hydrogen) atoms. The third-order valence-electron chi connectivity index (χ3n) is 6.05. The highest BCUT2D eigenvalue weighted by molar-refractivity contribution is 5.97. The molecule has 1 amide bonds. The molecular weight excluding hydrogens is 485 g/mol. The second-order valence-electron chi connectivity index (χ2n) is 9.80. The second-order valence-corrected chi connectivity index (χ2v) is 9.80. The summed E-state index contributed by atoms with van der Waals surface area (Å²) in [7, 11) is 0. The van der Waals surface area contributed by atoms with Crippen molar-refractivity contribution in [2.24, 2.45) is 5.41 Å². The van der Waals surface area contributed by atoms with Crippen LogP contribution in [0.2, 0.25) is 0 Å². The fraction of sp³-hybridized carbons (Fsp3) is 0.148. The number of H-pyrrole nitrogens is 2. The topological polar surface area (TPSA) is 138 Å². The number of hydrogen-bond donors (Lipinski definition) is 3. The largest absolute Gasteiger partial charge is 0.336 e. The highest BCUT2D eigenvalue weighted by atomic mass is 19.1. The van der Waals surface area contributed by atoms with Gasteiger partial charge in [-0.2, -0.15) is 5.10 Å². The third kappa shape index (κ3) is 4.03. The average Bonchev–Trinajstić information content (AvgIpc) is 3.54. The summed E-state index contributed by atoms with van der Waals surface area (Å²) in [5, 5.41) is 10.1. The Morgan fingerprint density at radius 3 is 2.66 bits per heavy atom. The Hall–Kier alpha value is -5.06. The van der Waals surface area contributed by atoms with Crippen molar-refractivity contribution >= 4 is 33.7 Å². The van der Waals surface area contributed by atoms with Gasteiger partial charge in [0.1, 0.15) is 22.7 Å². The lowest BCUT2D eigenvalue weighted by molar-refractivity contribution is -0.123. The van der Waals surface area contributed by atoms with Gasteiger partial charge >= 0.3 is 0 Å². The van der Waals surface area contributed by atoms with E-state index in [9.17, 15) is 4.79 Å².